The van der Waals surface area contributed by atoms with Gasteiger partial charge in [-0.1, -0.05) is 64.1 Å². The van der Waals surface area contributed by atoms with Crippen LogP contribution < -0.4 is 9.80 Å². The number of nitriles is 2. The molecule has 2 aromatic rings. The summed E-state index contributed by atoms with van der Waals surface area (Å²) < 4.78 is 30.4. The maximum Gasteiger partial charge on any atom is 0.349 e. The maximum atomic E-state index is 12.5. The minimum atomic E-state index is -0.851. The number of unbranched alkanes of at least 4 members (excludes halogenated alkanes) is 2. The number of hydrogen-bond acceptors (Lipinski definition) is 16. The van der Waals surface area contributed by atoms with E-state index in [9.17, 15) is 39.3 Å². The van der Waals surface area contributed by atoms with Crippen molar-refractivity contribution in [3.63, 3.8) is 0 Å². The second kappa shape index (κ2) is 29.9. The van der Waals surface area contributed by atoms with E-state index in [4.69, 9.17) is 28.4 Å². The number of anilines is 2. The van der Waals surface area contributed by atoms with Crippen LogP contribution in [0.1, 0.15) is 63.5 Å². The van der Waals surface area contributed by atoms with E-state index in [-0.39, 0.29) is 63.6 Å². The van der Waals surface area contributed by atoms with E-state index in [1.54, 1.807) is 24.3 Å². The van der Waals surface area contributed by atoms with Crippen molar-refractivity contribution in [1.82, 2.24) is 0 Å². The highest BCUT2D eigenvalue weighted by Gasteiger charge is 2.15. The van der Waals surface area contributed by atoms with Gasteiger partial charge in [-0.15, -0.1) is 0 Å². The third kappa shape index (κ3) is 20.2. The van der Waals surface area contributed by atoms with E-state index in [1.807, 2.05) is 46.2 Å². The zero-order valence-corrected chi connectivity index (χ0v) is 35.3. The standard InChI is InChI=1S/C46H54N4O12/c1-5-9-21-49(39-15-11-35(12-16-39)31-37(33-47)45(55)61-29-27-59-41(51)7-3)23-25-57-43(53)19-20-44(54)58-26-24-50(22-10-6-2)40-17-13-36(14-18-40)32-38(34-48)46(56)62-30-28-60-42(52)8-4/h7-8,11-18,31-32H,3-6,9-10,19-30H2,1-2H3. The lowest BCUT2D eigenvalue weighted by Crippen LogP contribution is -2.30. The highest BCUT2D eigenvalue weighted by atomic mass is 16.6. The van der Waals surface area contributed by atoms with Crippen LogP contribution in [0.25, 0.3) is 12.2 Å². The Labute approximate surface area is 362 Å². The van der Waals surface area contributed by atoms with Crippen LogP contribution in [0.3, 0.4) is 0 Å². The van der Waals surface area contributed by atoms with Gasteiger partial charge < -0.3 is 38.2 Å². The van der Waals surface area contributed by atoms with Gasteiger partial charge in [0.15, 0.2) is 0 Å². The van der Waals surface area contributed by atoms with Crippen molar-refractivity contribution in [2.45, 2.75) is 52.4 Å². The summed E-state index contributed by atoms with van der Waals surface area (Å²) in [5.74, 6) is -4.07. The fraction of sp³-hybridized carbons (Fsp3) is 0.391. The Bertz CT molecular complexity index is 1820. The lowest BCUT2D eigenvalue weighted by molar-refractivity contribution is -0.150. The number of benzene rings is 2. The van der Waals surface area contributed by atoms with Crippen LogP contribution in [0.4, 0.5) is 11.4 Å². The SMILES string of the molecule is C=CC(=O)OCCOC(=O)C(C#N)=Cc1ccc(N(CCCC)CCOC(=O)CCC(=O)OCCN(CCCC)c2ccc(C=C(C#N)C(=O)OCCOC(=O)C=C)cc2)cc1. The first kappa shape index (κ1) is 50.9. The summed E-state index contributed by atoms with van der Waals surface area (Å²) in [6, 6.07) is 17.9. The molecule has 0 bridgehead atoms. The molecule has 0 heterocycles. The molecule has 0 aliphatic heterocycles. The van der Waals surface area contributed by atoms with E-state index < -0.39 is 35.8 Å². The predicted octanol–water partition coefficient (Wildman–Crippen LogP) is 5.83. The second-order valence-corrected chi connectivity index (χ2v) is 13.2. The van der Waals surface area contributed by atoms with Gasteiger partial charge >= 0.3 is 35.8 Å². The Morgan fingerprint density at radius 2 is 0.887 bits per heavy atom. The maximum absolute atomic E-state index is 12.5. The van der Waals surface area contributed by atoms with Gasteiger partial charge in [0, 0.05) is 36.6 Å². The van der Waals surface area contributed by atoms with Gasteiger partial charge in [0.2, 0.25) is 0 Å². The van der Waals surface area contributed by atoms with Crippen molar-refractivity contribution in [3.8, 4) is 12.1 Å². The van der Waals surface area contributed by atoms with Crippen molar-refractivity contribution in [2.24, 2.45) is 0 Å². The van der Waals surface area contributed by atoms with Gasteiger partial charge in [0.25, 0.3) is 0 Å². The van der Waals surface area contributed by atoms with Crippen molar-refractivity contribution in [2.75, 3.05) is 75.6 Å². The molecule has 0 aliphatic rings. The van der Waals surface area contributed by atoms with E-state index in [2.05, 4.69) is 27.0 Å². The summed E-state index contributed by atoms with van der Waals surface area (Å²) in [6.07, 6.45) is 8.10. The zero-order valence-electron chi connectivity index (χ0n) is 35.3. The monoisotopic (exact) mass is 854 g/mol. The molecule has 0 aromatic heterocycles. The van der Waals surface area contributed by atoms with E-state index >= 15 is 0 Å². The molecule has 16 heteroatoms. The molecule has 0 fully saturated rings. The molecule has 2 rings (SSSR count). The lowest BCUT2D eigenvalue weighted by Gasteiger charge is -2.25. The molecule has 330 valence electrons. The molecule has 0 radical (unpaired) electrons. The number of hydrogen-bond donors (Lipinski definition) is 0. The van der Waals surface area contributed by atoms with Gasteiger partial charge in [0.1, 0.15) is 62.9 Å². The third-order valence-corrected chi connectivity index (χ3v) is 8.62. The van der Waals surface area contributed by atoms with Gasteiger partial charge in [-0.25, -0.2) is 19.2 Å². The number of esters is 6. The highest BCUT2D eigenvalue weighted by Crippen LogP contribution is 2.20. The first-order chi connectivity index (χ1) is 30.0. The Morgan fingerprint density at radius 3 is 1.21 bits per heavy atom. The third-order valence-electron chi connectivity index (χ3n) is 8.62. The largest absolute Gasteiger partial charge is 0.464 e. The summed E-state index contributed by atoms with van der Waals surface area (Å²) >= 11 is 0. The summed E-state index contributed by atoms with van der Waals surface area (Å²) in [4.78, 5) is 76.0. The van der Waals surface area contributed by atoms with Crippen molar-refractivity contribution >= 4 is 59.3 Å². The zero-order chi connectivity index (χ0) is 45.5. The molecule has 0 N–H and O–H groups in total. The van der Waals surface area contributed by atoms with Crippen molar-refractivity contribution < 1.29 is 57.2 Å². The fourth-order valence-electron chi connectivity index (χ4n) is 5.32. The molecule has 0 saturated carbocycles. The Morgan fingerprint density at radius 1 is 0.532 bits per heavy atom. The molecule has 0 saturated heterocycles. The number of carbonyl (C=O) groups is 6. The average Bonchev–Trinajstić information content (AvgIpc) is 3.29. The summed E-state index contributed by atoms with van der Waals surface area (Å²) in [5.41, 5.74) is 2.41. The van der Waals surface area contributed by atoms with E-state index in [0.717, 1.165) is 49.2 Å². The fourth-order valence-corrected chi connectivity index (χ4v) is 5.32. The minimum Gasteiger partial charge on any atom is -0.464 e. The normalized spacial score (nSPS) is 10.8. The lowest BCUT2D eigenvalue weighted by atomic mass is 10.1. The van der Waals surface area contributed by atoms with Crippen LogP contribution in [-0.2, 0) is 57.2 Å². The molecule has 0 amide bonds. The Hall–Kier alpha value is -7.20. The predicted molar refractivity (Wildman–Crippen MR) is 230 cm³/mol. The molecular formula is C46H54N4O12. The second-order valence-electron chi connectivity index (χ2n) is 13.2. The Kier molecular flexibility index (Phi) is 24.6. The van der Waals surface area contributed by atoms with Gasteiger partial charge in [0.05, 0.1) is 25.9 Å². The molecule has 2 aromatic carbocycles. The minimum absolute atomic E-state index is 0.0870. The van der Waals surface area contributed by atoms with Gasteiger partial charge in [-0.3, -0.25) is 9.59 Å². The van der Waals surface area contributed by atoms with Gasteiger partial charge in [-0.05, 0) is 60.4 Å². The van der Waals surface area contributed by atoms with Crippen LogP contribution in [0.15, 0.2) is 85.0 Å². The number of carbonyl (C=O) groups excluding carboxylic acids is 6. The van der Waals surface area contributed by atoms with Crippen LogP contribution in [-0.4, -0.2) is 102 Å². The molecule has 0 atom stereocenters. The van der Waals surface area contributed by atoms with Crippen LogP contribution in [0.5, 0.6) is 0 Å². The van der Waals surface area contributed by atoms with E-state index in [1.165, 1.54) is 12.2 Å². The average molecular weight is 855 g/mol. The summed E-state index contributed by atoms with van der Waals surface area (Å²) in [7, 11) is 0. The van der Waals surface area contributed by atoms with Crippen LogP contribution in [0.2, 0.25) is 0 Å². The van der Waals surface area contributed by atoms with Crippen molar-refractivity contribution in [3.05, 3.63) is 96.1 Å². The first-order valence-corrected chi connectivity index (χ1v) is 20.2. The summed E-state index contributed by atoms with van der Waals surface area (Å²) in [5, 5.41) is 18.9. The van der Waals surface area contributed by atoms with Crippen LogP contribution in [0, 0.1) is 22.7 Å². The molecule has 62 heavy (non-hydrogen) atoms. The topological polar surface area (TPSA) is 212 Å². The number of nitrogens with zero attached hydrogens (tertiary/aromatic N) is 4. The van der Waals surface area contributed by atoms with Crippen LogP contribution >= 0.6 is 0 Å². The summed E-state index contributed by atoms with van der Waals surface area (Å²) in [6.45, 7) is 12.3. The smallest absolute Gasteiger partial charge is 0.349 e. The van der Waals surface area contributed by atoms with Gasteiger partial charge in [-0.2, -0.15) is 10.5 Å². The van der Waals surface area contributed by atoms with Crippen molar-refractivity contribution in [1.29, 1.82) is 10.5 Å². The Balaban J connectivity index is 1.85. The van der Waals surface area contributed by atoms with E-state index in [0.29, 0.717) is 37.3 Å². The number of ether oxygens (including phenoxy) is 6. The quantitative estimate of drug-likeness (QED) is 0.0310. The molecular weight excluding hydrogens is 801 g/mol. The first-order valence-electron chi connectivity index (χ1n) is 20.2. The highest BCUT2D eigenvalue weighted by molar-refractivity contribution is 5.98. The molecule has 0 aliphatic carbocycles. The number of rotatable bonds is 29. The molecule has 0 unspecified atom stereocenters. The molecule has 0 spiro atoms. The molecule has 16 nitrogen and oxygen atoms in total.